The monoisotopic (exact) mass is 295 g/mol. The quantitative estimate of drug-likeness (QED) is 0.930. The average molecular weight is 296 g/mol. The van der Waals surface area contributed by atoms with Gasteiger partial charge in [-0.25, -0.2) is 17.5 Å². The first kappa shape index (κ1) is 12.6. The van der Waals surface area contributed by atoms with Crippen LogP contribution in [0, 0.1) is 5.82 Å². The predicted octanol–water partition coefficient (Wildman–Crippen LogP) is 2.27. The van der Waals surface area contributed by atoms with Gasteiger partial charge in [0, 0.05) is 10.5 Å². The molecular weight excluding hydrogens is 285 g/mol. The van der Waals surface area contributed by atoms with Gasteiger partial charge in [0.25, 0.3) is 0 Å². The van der Waals surface area contributed by atoms with Crippen molar-refractivity contribution in [2.24, 2.45) is 0 Å². The Balaban J connectivity index is 3.16. The Hall–Kier alpha value is -0.460. The minimum Gasteiger partial charge on any atom is -0.209 e. The third-order valence-corrected chi connectivity index (χ3v) is 4.21. The van der Waals surface area contributed by atoms with Gasteiger partial charge in [0.1, 0.15) is 5.82 Å². The molecule has 0 fully saturated rings. The van der Waals surface area contributed by atoms with Crippen molar-refractivity contribution in [1.82, 2.24) is 4.72 Å². The van der Waals surface area contributed by atoms with Gasteiger partial charge in [-0.15, -0.1) is 0 Å². The smallest absolute Gasteiger partial charge is 0.209 e. The molecule has 0 spiro atoms. The number of nitrogens with one attached hydrogen (secondary N) is 1. The maximum Gasteiger partial charge on any atom is 0.241 e. The first-order valence-electron chi connectivity index (χ1n) is 4.30. The summed E-state index contributed by atoms with van der Waals surface area (Å²) in [6.45, 7) is 3.43. The fraction of sp³-hybridized carbons (Fsp3) is 0.333. The fourth-order valence-corrected chi connectivity index (χ4v) is 3.37. The molecule has 0 aliphatic heterocycles. The van der Waals surface area contributed by atoms with E-state index in [4.69, 9.17) is 0 Å². The Bertz CT molecular complexity index is 459. The van der Waals surface area contributed by atoms with E-state index in [0.717, 1.165) is 12.1 Å². The van der Waals surface area contributed by atoms with Crippen LogP contribution in [0.4, 0.5) is 4.39 Å². The highest BCUT2D eigenvalue weighted by Crippen LogP contribution is 2.22. The summed E-state index contributed by atoms with van der Waals surface area (Å²) in [7, 11) is -3.57. The molecule has 15 heavy (non-hydrogen) atoms. The SMILES string of the molecule is CC(C)NS(=O)(=O)c1ccc(F)cc1Br. The maximum atomic E-state index is 12.8. The molecule has 0 unspecified atom stereocenters. The van der Waals surface area contributed by atoms with Crippen LogP contribution >= 0.6 is 15.9 Å². The van der Waals surface area contributed by atoms with Gasteiger partial charge in [-0.3, -0.25) is 0 Å². The van der Waals surface area contributed by atoms with Gasteiger partial charge in [0.05, 0.1) is 4.90 Å². The second-order valence-electron chi connectivity index (χ2n) is 3.35. The molecule has 0 bridgehead atoms. The molecule has 1 aromatic rings. The van der Waals surface area contributed by atoms with E-state index in [1.54, 1.807) is 13.8 Å². The molecule has 0 amide bonds. The van der Waals surface area contributed by atoms with Crippen LogP contribution < -0.4 is 4.72 Å². The average Bonchev–Trinajstić information content (AvgIpc) is 1.99. The van der Waals surface area contributed by atoms with Crippen LogP contribution in [0.15, 0.2) is 27.6 Å². The summed E-state index contributed by atoms with van der Waals surface area (Å²) in [5.41, 5.74) is 0. The van der Waals surface area contributed by atoms with E-state index in [2.05, 4.69) is 20.7 Å². The Morgan fingerprint density at radius 1 is 1.40 bits per heavy atom. The number of hydrogen-bond donors (Lipinski definition) is 1. The Labute approximate surface area is 96.9 Å². The van der Waals surface area contributed by atoms with Gasteiger partial charge in [0.2, 0.25) is 10.0 Å². The second-order valence-corrected chi connectivity index (χ2v) is 5.89. The fourth-order valence-electron chi connectivity index (χ4n) is 1.07. The third kappa shape index (κ3) is 3.25. The lowest BCUT2D eigenvalue weighted by atomic mass is 10.3. The lowest BCUT2D eigenvalue weighted by Gasteiger charge is -2.10. The van der Waals surface area contributed by atoms with Crippen molar-refractivity contribution < 1.29 is 12.8 Å². The molecule has 84 valence electrons. The van der Waals surface area contributed by atoms with E-state index < -0.39 is 15.8 Å². The molecule has 3 nitrogen and oxygen atoms in total. The highest BCUT2D eigenvalue weighted by molar-refractivity contribution is 9.10. The summed E-state index contributed by atoms with van der Waals surface area (Å²) in [4.78, 5) is 0.0394. The summed E-state index contributed by atoms with van der Waals surface area (Å²) in [6, 6.07) is 3.26. The van der Waals surface area contributed by atoms with Crippen LogP contribution in [-0.2, 0) is 10.0 Å². The molecule has 0 aliphatic rings. The van der Waals surface area contributed by atoms with Crippen molar-refractivity contribution in [3.63, 3.8) is 0 Å². The molecule has 1 rings (SSSR count). The standard InChI is InChI=1S/C9H11BrFNO2S/c1-6(2)12-15(13,14)9-4-3-7(11)5-8(9)10/h3-6,12H,1-2H3. The van der Waals surface area contributed by atoms with Crippen molar-refractivity contribution in [2.75, 3.05) is 0 Å². The number of hydrogen-bond acceptors (Lipinski definition) is 2. The van der Waals surface area contributed by atoms with Crippen LogP contribution in [0.3, 0.4) is 0 Å². The molecule has 0 saturated carbocycles. The Morgan fingerprint density at radius 3 is 2.47 bits per heavy atom. The number of sulfonamides is 1. The van der Waals surface area contributed by atoms with Gasteiger partial charge in [-0.1, -0.05) is 0 Å². The minimum absolute atomic E-state index is 0.0394. The summed E-state index contributed by atoms with van der Waals surface area (Å²) < 4.78 is 38.8. The summed E-state index contributed by atoms with van der Waals surface area (Å²) in [6.07, 6.45) is 0. The topological polar surface area (TPSA) is 46.2 Å². The van der Waals surface area contributed by atoms with E-state index in [0.29, 0.717) is 0 Å². The Kier molecular flexibility index (Phi) is 3.86. The van der Waals surface area contributed by atoms with E-state index in [-0.39, 0.29) is 15.4 Å². The first-order chi connectivity index (χ1) is 6.83. The van der Waals surface area contributed by atoms with Crippen molar-refractivity contribution in [3.8, 4) is 0 Å². The van der Waals surface area contributed by atoms with Gasteiger partial charge in [0.15, 0.2) is 0 Å². The molecular formula is C9H11BrFNO2S. The van der Waals surface area contributed by atoms with E-state index in [1.807, 2.05) is 0 Å². The maximum absolute atomic E-state index is 12.8. The van der Waals surface area contributed by atoms with E-state index in [1.165, 1.54) is 6.07 Å². The van der Waals surface area contributed by atoms with Gasteiger partial charge in [-0.05, 0) is 48.0 Å². The largest absolute Gasteiger partial charge is 0.241 e. The minimum atomic E-state index is -3.57. The predicted molar refractivity (Wildman–Crippen MR) is 59.6 cm³/mol. The lowest BCUT2D eigenvalue weighted by Crippen LogP contribution is -2.30. The van der Waals surface area contributed by atoms with Crippen LogP contribution in [-0.4, -0.2) is 14.5 Å². The van der Waals surface area contributed by atoms with Crippen LogP contribution in [0.25, 0.3) is 0 Å². The molecule has 0 saturated heterocycles. The Morgan fingerprint density at radius 2 is 2.00 bits per heavy atom. The summed E-state index contributed by atoms with van der Waals surface area (Å²) in [5, 5.41) is 0. The molecule has 0 aliphatic carbocycles. The molecule has 0 radical (unpaired) electrons. The first-order valence-corrected chi connectivity index (χ1v) is 6.58. The van der Waals surface area contributed by atoms with Crippen molar-refractivity contribution in [3.05, 3.63) is 28.5 Å². The molecule has 1 aromatic carbocycles. The molecule has 0 aromatic heterocycles. The zero-order valence-electron chi connectivity index (χ0n) is 8.29. The highest BCUT2D eigenvalue weighted by Gasteiger charge is 2.18. The van der Waals surface area contributed by atoms with Crippen LogP contribution in [0.1, 0.15) is 13.8 Å². The van der Waals surface area contributed by atoms with Crippen LogP contribution in [0.2, 0.25) is 0 Å². The molecule has 0 atom stereocenters. The molecule has 6 heteroatoms. The third-order valence-electron chi connectivity index (χ3n) is 1.57. The number of halogens is 2. The van der Waals surface area contributed by atoms with Gasteiger partial charge in [-0.2, -0.15) is 0 Å². The molecule has 1 N–H and O–H groups in total. The number of benzene rings is 1. The number of rotatable bonds is 3. The zero-order chi connectivity index (χ0) is 11.6. The van der Waals surface area contributed by atoms with Gasteiger partial charge >= 0.3 is 0 Å². The summed E-state index contributed by atoms with van der Waals surface area (Å²) >= 11 is 3.01. The lowest BCUT2D eigenvalue weighted by molar-refractivity contribution is 0.568. The summed E-state index contributed by atoms with van der Waals surface area (Å²) in [5.74, 6) is -0.481. The second kappa shape index (κ2) is 4.59. The van der Waals surface area contributed by atoms with Gasteiger partial charge < -0.3 is 0 Å². The highest BCUT2D eigenvalue weighted by atomic mass is 79.9. The van der Waals surface area contributed by atoms with E-state index >= 15 is 0 Å². The van der Waals surface area contributed by atoms with Crippen molar-refractivity contribution in [2.45, 2.75) is 24.8 Å². The molecule has 0 heterocycles. The van der Waals surface area contributed by atoms with Crippen molar-refractivity contribution >= 4 is 26.0 Å². The normalized spacial score (nSPS) is 12.1. The zero-order valence-corrected chi connectivity index (χ0v) is 10.7. The van der Waals surface area contributed by atoms with Crippen LogP contribution in [0.5, 0.6) is 0 Å². The van der Waals surface area contributed by atoms with Crippen molar-refractivity contribution in [1.29, 1.82) is 0 Å². The van der Waals surface area contributed by atoms with E-state index in [9.17, 15) is 12.8 Å².